The van der Waals surface area contributed by atoms with Gasteiger partial charge in [-0.25, -0.2) is 15.0 Å². The lowest BCUT2D eigenvalue weighted by Gasteiger charge is -2.07. The fraction of sp³-hybridized carbons (Fsp3) is 0.125. The van der Waals surface area contributed by atoms with Crippen LogP contribution in [0.5, 0.6) is 5.88 Å². The topological polar surface area (TPSA) is 60.8 Å². The second kappa shape index (κ2) is 6.53. The Hall–Kier alpha value is -2.47. The van der Waals surface area contributed by atoms with Crippen LogP contribution in [-0.4, -0.2) is 33.3 Å². The molecule has 0 saturated heterocycles. The number of hydrogen-bond donors (Lipinski definition) is 0. The Morgan fingerprint density at radius 1 is 0.909 bits per heavy atom. The van der Waals surface area contributed by atoms with E-state index in [1.165, 1.54) is 11.8 Å². The maximum absolute atomic E-state index is 5.31. The van der Waals surface area contributed by atoms with Crippen molar-refractivity contribution in [2.45, 2.75) is 5.16 Å². The average molecular weight is 310 g/mol. The Bertz CT molecular complexity index is 763. The molecule has 0 amide bonds. The molecule has 22 heavy (non-hydrogen) atoms. The molecule has 3 aromatic rings. The highest BCUT2D eigenvalue weighted by Gasteiger charge is 2.12. The van der Waals surface area contributed by atoms with Crippen LogP contribution in [0.1, 0.15) is 0 Å². The zero-order valence-corrected chi connectivity index (χ0v) is 13.0. The van der Waals surface area contributed by atoms with Gasteiger partial charge in [-0.2, -0.15) is 4.98 Å². The maximum Gasteiger partial charge on any atom is 0.228 e. The molecule has 0 radical (unpaired) electrons. The summed E-state index contributed by atoms with van der Waals surface area (Å²) in [5.74, 6) is 1.02. The minimum atomic E-state index is 0.479. The fourth-order valence-electron chi connectivity index (χ4n) is 2.01. The van der Waals surface area contributed by atoms with Crippen LogP contribution in [0.2, 0.25) is 0 Å². The minimum absolute atomic E-state index is 0.479. The third kappa shape index (κ3) is 2.92. The summed E-state index contributed by atoms with van der Waals surface area (Å²) in [6.07, 6.45) is 7.19. The second-order valence-corrected chi connectivity index (χ2v) is 5.21. The third-order valence-electron chi connectivity index (χ3n) is 3.11. The zero-order chi connectivity index (χ0) is 15.4. The van der Waals surface area contributed by atoms with E-state index in [4.69, 9.17) is 4.74 Å². The summed E-state index contributed by atoms with van der Waals surface area (Å²) in [5, 5.41) is 0.654. The van der Waals surface area contributed by atoms with Gasteiger partial charge >= 0.3 is 0 Å². The molecule has 0 fully saturated rings. The Morgan fingerprint density at radius 2 is 1.64 bits per heavy atom. The van der Waals surface area contributed by atoms with Crippen LogP contribution in [0.15, 0.2) is 54.1 Å². The molecule has 110 valence electrons. The van der Waals surface area contributed by atoms with Crippen molar-refractivity contribution < 1.29 is 4.74 Å². The predicted octanol–water partition coefficient (Wildman–Crippen LogP) is 3.33. The lowest BCUT2D eigenvalue weighted by atomic mass is 10.1. The molecule has 0 aliphatic carbocycles. The van der Waals surface area contributed by atoms with Gasteiger partial charge in [0.2, 0.25) is 5.88 Å². The first-order valence-electron chi connectivity index (χ1n) is 6.64. The van der Waals surface area contributed by atoms with Crippen molar-refractivity contribution in [2.75, 3.05) is 13.4 Å². The first-order valence-corrected chi connectivity index (χ1v) is 7.87. The number of methoxy groups -OCH3 is 1. The van der Waals surface area contributed by atoms with Gasteiger partial charge in [0, 0.05) is 24.2 Å². The van der Waals surface area contributed by atoms with Crippen molar-refractivity contribution in [3.05, 3.63) is 48.9 Å². The highest BCUT2D eigenvalue weighted by Crippen LogP contribution is 2.27. The molecule has 0 aliphatic rings. The summed E-state index contributed by atoms with van der Waals surface area (Å²) < 4.78 is 5.31. The number of aromatic nitrogens is 4. The van der Waals surface area contributed by atoms with Crippen LogP contribution >= 0.6 is 11.8 Å². The van der Waals surface area contributed by atoms with E-state index in [2.05, 4.69) is 19.9 Å². The molecule has 3 rings (SSSR count). The maximum atomic E-state index is 5.31. The molecule has 6 heteroatoms. The van der Waals surface area contributed by atoms with Crippen LogP contribution in [-0.2, 0) is 0 Å². The predicted molar refractivity (Wildman–Crippen MR) is 86.8 cm³/mol. The molecular formula is C16H14N4OS. The summed E-state index contributed by atoms with van der Waals surface area (Å²) in [6, 6.07) is 10.0. The van der Waals surface area contributed by atoms with E-state index in [1.54, 1.807) is 25.7 Å². The van der Waals surface area contributed by atoms with Crippen LogP contribution in [0, 0.1) is 0 Å². The van der Waals surface area contributed by atoms with Gasteiger partial charge in [0.1, 0.15) is 0 Å². The lowest BCUT2D eigenvalue weighted by molar-refractivity contribution is 0.394. The Morgan fingerprint density at radius 3 is 2.27 bits per heavy atom. The molecule has 5 nitrogen and oxygen atoms in total. The Balaban J connectivity index is 1.96. The van der Waals surface area contributed by atoms with Gasteiger partial charge in [-0.05, 0) is 11.8 Å². The molecule has 0 unspecified atom stereocenters. The summed E-state index contributed by atoms with van der Waals surface area (Å²) in [5.41, 5.74) is 2.72. The van der Waals surface area contributed by atoms with Gasteiger partial charge in [0.25, 0.3) is 0 Å². The normalized spacial score (nSPS) is 10.5. The Labute approximate surface area is 132 Å². The number of hydrogen-bond acceptors (Lipinski definition) is 6. The largest absolute Gasteiger partial charge is 0.480 e. The van der Waals surface area contributed by atoms with Crippen LogP contribution in [0.25, 0.3) is 22.5 Å². The smallest absolute Gasteiger partial charge is 0.228 e. The van der Waals surface area contributed by atoms with Gasteiger partial charge in [-0.3, -0.25) is 0 Å². The standard InChI is InChI=1S/C16H14N4OS/c1-21-15-13(10-19-16(20-15)22-2)14-17-8-12(9-18-14)11-6-4-3-5-7-11/h3-10H,1-2H3. The molecule has 0 atom stereocenters. The van der Waals surface area contributed by atoms with Crippen molar-refractivity contribution in [1.82, 2.24) is 19.9 Å². The highest BCUT2D eigenvalue weighted by molar-refractivity contribution is 7.98. The van der Waals surface area contributed by atoms with Crippen molar-refractivity contribution in [1.29, 1.82) is 0 Å². The highest BCUT2D eigenvalue weighted by atomic mass is 32.2. The van der Waals surface area contributed by atoms with Crippen molar-refractivity contribution in [3.8, 4) is 28.4 Å². The summed E-state index contributed by atoms with van der Waals surface area (Å²) in [7, 11) is 1.58. The van der Waals surface area contributed by atoms with E-state index in [0.717, 1.165) is 11.1 Å². The second-order valence-electron chi connectivity index (χ2n) is 4.44. The molecule has 0 N–H and O–H groups in total. The fourth-order valence-corrected chi connectivity index (χ4v) is 2.34. The Kier molecular flexibility index (Phi) is 4.29. The monoisotopic (exact) mass is 310 g/mol. The van der Waals surface area contributed by atoms with Gasteiger partial charge < -0.3 is 4.74 Å². The first kappa shape index (κ1) is 14.5. The number of ether oxygens (including phenoxy) is 1. The minimum Gasteiger partial charge on any atom is -0.480 e. The van der Waals surface area contributed by atoms with Gasteiger partial charge in [-0.1, -0.05) is 42.1 Å². The van der Waals surface area contributed by atoms with E-state index in [1.807, 2.05) is 36.6 Å². The molecule has 2 heterocycles. The van der Waals surface area contributed by atoms with E-state index in [9.17, 15) is 0 Å². The first-order chi connectivity index (χ1) is 10.8. The molecule has 0 aliphatic heterocycles. The van der Waals surface area contributed by atoms with Crippen LogP contribution < -0.4 is 4.74 Å². The molecular weight excluding hydrogens is 296 g/mol. The molecule has 0 saturated carbocycles. The summed E-state index contributed by atoms with van der Waals surface area (Å²) in [6.45, 7) is 0. The van der Waals surface area contributed by atoms with Crippen molar-refractivity contribution in [2.24, 2.45) is 0 Å². The number of benzene rings is 1. The van der Waals surface area contributed by atoms with Gasteiger partial charge in [-0.15, -0.1) is 0 Å². The van der Waals surface area contributed by atoms with Gasteiger partial charge in [0.05, 0.1) is 12.7 Å². The molecule has 1 aromatic carbocycles. The van der Waals surface area contributed by atoms with Gasteiger partial charge in [0.15, 0.2) is 11.0 Å². The third-order valence-corrected chi connectivity index (χ3v) is 3.67. The molecule has 0 spiro atoms. The zero-order valence-electron chi connectivity index (χ0n) is 12.2. The SMILES string of the molecule is COc1nc(SC)ncc1-c1ncc(-c2ccccc2)cn1. The number of thioether (sulfide) groups is 1. The number of nitrogens with zero attached hydrogens (tertiary/aromatic N) is 4. The van der Waals surface area contributed by atoms with Crippen LogP contribution in [0.4, 0.5) is 0 Å². The van der Waals surface area contributed by atoms with E-state index >= 15 is 0 Å². The van der Waals surface area contributed by atoms with E-state index in [0.29, 0.717) is 22.4 Å². The summed E-state index contributed by atoms with van der Waals surface area (Å²) in [4.78, 5) is 17.4. The van der Waals surface area contributed by atoms with E-state index in [-0.39, 0.29) is 0 Å². The van der Waals surface area contributed by atoms with Crippen molar-refractivity contribution in [3.63, 3.8) is 0 Å². The molecule has 0 bridgehead atoms. The lowest BCUT2D eigenvalue weighted by Crippen LogP contribution is -1.98. The quantitative estimate of drug-likeness (QED) is 0.544. The van der Waals surface area contributed by atoms with Crippen molar-refractivity contribution >= 4 is 11.8 Å². The molecule has 2 aromatic heterocycles. The average Bonchev–Trinajstić information content (AvgIpc) is 2.62. The summed E-state index contributed by atoms with van der Waals surface area (Å²) >= 11 is 1.46. The van der Waals surface area contributed by atoms with E-state index < -0.39 is 0 Å². The number of rotatable bonds is 4. The van der Waals surface area contributed by atoms with Crippen LogP contribution in [0.3, 0.4) is 0 Å².